The lowest BCUT2D eigenvalue weighted by molar-refractivity contribution is -0.130. The largest absolute Gasteiger partial charge is 0.431 e. The number of carbonyl (C=O) groups is 1. The van der Waals surface area contributed by atoms with Gasteiger partial charge in [0.2, 0.25) is 5.91 Å². The Balaban J connectivity index is 1.48. The van der Waals surface area contributed by atoms with Crippen LogP contribution in [0, 0.1) is 0 Å². The first-order chi connectivity index (χ1) is 13.4. The highest BCUT2D eigenvalue weighted by molar-refractivity contribution is 7.99. The van der Waals surface area contributed by atoms with Crippen molar-refractivity contribution in [2.24, 2.45) is 0 Å². The lowest BCUT2D eigenvalue weighted by Gasteiger charge is -2.27. The molecule has 148 valence electrons. The van der Waals surface area contributed by atoms with Crippen molar-refractivity contribution in [3.05, 3.63) is 45.6 Å². The van der Waals surface area contributed by atoms with Crippen LogP contribution in [0.5, 0.6) is 0 Å². The molecule has 1 saturated heterocycles. The Morgan fingerprint density at radius 2 is 2.25 bits per heavy atom. The fourth-order valence-electron chi connectivity index (χ4n) is 3.16. The molecule has 1 unspecified atom stereocenters. The number of amides is 1. The number of hydrogen-bond donors (Lipinski definition) is 0. The SMILES string of the molecule is O=C(CSc1nc2cc(Cl)ccc2o1)N(Cc1cccs1)C1CCS(=O)(=O)C1. The third-order valence-corrected chi connectivity index (χ3v) is 8.18. The van der Waals surface area contributed by atoms with Crippen LogP contribution in [-0.2, 0) is 21.2 Å². The zero-order valence-electron chi connectivity index (χ0n) is 14.7. The number of thiophene rings is 1. The maximum absolute atomic E-state index is 12.9. The Morgan fingerprint density at radius 1 is 1.39 bits per heavy atom. The topological polar surface area (TPSA) is 80.5 Å². The first-order valence-corrected chi connectivity index (χ1v) is 12.7. The van der Waals surface area contributed by atoms with E-state index in [0.29, 0.717) is 34.3 Å². The second kappa shape index (κ2) is 8.06. The molecule has 2 aromatic heterocycles. The number of hydrogen-bond acceptors (Lipinski definition) is 7. The van der Waals surface area contributed by atoms with E-state index in [-0.39, 0.29) is 29.2 Å². The summed E-state index contributed by atoms with van der Waals surface area (Å²) in [4.78, 5) is 20.0. The van der Waals surface area contributed by atoms with Gasteiger partial charge in [-0.15, -0.1) is 11.3 Å². The molecule has 1 aliphatic heterocycles. The van der Waals surface area contributed by atoms with E-state index in [0.717, 1.165) is 4.88 Å². The molecule has 4 rings (SSSR count). The van der Waals surface area contributed by atoms with Gasteiger partial charge in [0.05, 0.1) is 23.8 Å². The van der Waals surface area contributed by atoms with Crippen molar-refractivity contribution in [3.8, 4) is 0 Å². The van der Waals surface area contributed by atoms with E-state index in [1.54, 1.807) is 34.4 Å². The number of oxazole rings is 1. The monoisotopic (exact) mass is 456 g/mol. The van der Waals surface area contributed by atoms with Crippen molar-refractivity contribution in [2.75, 3.05) is 17.3 Å². The van der Waals surface area contributed by atoms with Crippen molar-refractivity contribution >= 4 is 61.5 Å². The zero-order valence-corrected chi connectivity index (χ0v) is 17.9. The Hall–Kier alpha value is -1.55. The molecule has 0 saturated carbocycles. The first-order valence-electron chi connectivity index (χ1n) is 8.61. The number of sulfone groups is 1. The molecule has 10 heteroatoms. The van der Waals surface area contributed by atoms with Gasteiger partial charge >= 0.3 is 0 Å². The predicted molar refractivity (Wildman–Crippen MR) is 112 cm³/mol. The average Bonchev–Trinajstić information content (AvgIpc) is 3.36. The van der Waals surface area contributed by atoms with E-state index >= 15 is 0 Å². The van der Waals surface area contributed by atoms with Crippen molar-refractivity contribution in [1.29, 1.82) is 0 Å². The van der Waals surface area contributed by atoms with Crippen LogP contribution in [-0.4, -0.2) is 47.5 Å². The maximum atomic E-state index is 12.9. The van der Waals surface area contributed by atoms with Gasteiger partial charge in [0.25, 0.3) is 5.22 Å². The van der Waals surface area contributed by atoms with E-state index in [1.165, 1.54) is 11.8 Å². The lowest BCUT2D eigenvalue weighted by Crippen LogP contribution is -2.41. The normalized spacial score (nSPS) is 18.5. The molecule has 1 fully saturated rings. The number of rotatable bonds is 6. The van der Waals surface area contributed by atoms with Crippen LogP contribution in [0.25, 0.3) is 11.1 Å². The molecule has 1 atom stereocenters. The Morgan fingerprint density at radius 3 is 2.96 bits per heavy atom. The van der Waals surface area contributed by atoms with Gasteiger partial charge in [-0.25, -0.2) is 13.4 Å². The van der Waals surface area contributed by atoms with Gasteiger partial charge < -0.3 is 9.32 Å². The Labute approximate surface area is 175 Å². The summed E-state index contributed by atoms with van der Waals surface area (Å²) in [5.41, 5.74) is 1.25. The van der Waals surface area contributed by atoms with Crippen molar-refractivity contribution in [3.63, 3.8) is 0 Å². The van der Waals surface area contributed by atoms with Gasteiger partial charge in [0.15, 0.2) is 15.4 Å². The van der Waals surface area contributed by atoms with Gasteiger partial charge in [-0.2, -0.15) is 0 Å². The predicted octanol–water partition coefficient (Wildman–Crippen LogP) is 3.85. The van der Waals surface area contributed by atoms with Crippen LogP contribution in [0.1, 0.15) is 11.3 Å². The highest BCUT2D eigenvalue weighted by Crippen LogP contribution is 2.27. The molecular formula is C18H17ClN2O4S3. The average molecular weight is 457 g/mol. The van der Waals surface area contributed by atoms with Gasteiger partial charge in [-0.1, -0.05) is 29.4 Å². The van der Waals surface area contributed by atoms with E-state index in [4.69, 9.17) is 16.0 Å². The minimum atomic E-state index is -3.08. The highest BCUT2D eigenvalue weighted by Gasteiger charge is 2.34. The number of carbonyl (C=O) groups excluding carboxylic acids is 1. The third-order valence-electron chi connectivity index (χ3n) is 4.52. The summed E-state index contributed by atoms with van der Waals surface area (Å²) < 4.78 is 29.4. The summed E-state index contributed by atoms with van der Waals surface area (Å²) in [7, 11) is -3.08. The number of halogens is 1. The number of benzene rings is 1. The quantitative estimate of drug-likeness (QED) is 0.524. The van der Waals surface area contributed by atoms with Gasteiger partial charge in [-0.05, 0) is 36.1 Å². The van der Waals surface area contributed by atoms with E-state index in [9.17, 15) is 13.2 Å². The van der Waals surface area contributed by atoms with Gasteiger partial charge in [-0.3, -0.25) is 4.79 Å². The first kappa shape index (κ1) is 19.8. The molecule has 0 bridgehead atoms. The van der Waals surface area contributed by atoms with Crippen molar-refractivity contribution in [2.45, 2.75) is 24.2 Å². The molecule has 6 nitrogen and oxygen atoms in total. The van der Waals surface area contributed by atoms with Crippen LogP contribution in [0.15, 0.2) is 45.4 Å². The minimum Gasteiger partial charge on any atom is -0.431 e. The van der Waals surface area contributed by atoms with Gasteiger partial charge in [0.1, 0.15) is 5.52 Å². The fourth-order valence-corrected chi connectivity index (χ4v) is 6.48. The highest BCUT2D eigenvalue weighted by atomic mass is 35.5. The second-order valence-electron chi connectivity index (χ2n) is 6.54. The Kier molecular flexibility index (Phi) is 5.69. The number of aromatic nitrogens is 1. The lowest BCUT2D eigenvalue weighted by atomic mass is 10.2. The standard InChI is InChI=1S/C18H17ClN2O4S3/c19-12-3-4-16-15(8-12)20-18(25-16)27-10-17(22)21(9-14-2-1-6-26-14)13-5-7-28(23,24)11-13/h1-4,6,8,13H,5,7,9-11H2. The van der Waals surface area contributed by atoms with Crippen molar-refractivity contribution in [1.82, 2.24) is 9.88 Å². The second-order valence-corrected chi connectivity index (χ2v) is 11.2. The molecule has 28 heavy (non-hydrogen) atoms. The molecule has 3 aromatic rings. The summed E-state index contributed by atoms with van der Waals surface area (Å²) in [6, 6.07) is 8.75. The van der Waals surface area contributed by atoms with E-state index < -0.39 is 9.84 Å². The van der Waals surface area contributed by atoms with Crippen LogP contribution in [0.4, 0.5) is 0 Å². The number of nitrogens with zero attached hydrogens (tertiary/aromatic N) is 2. The summed E-state index contributed by atoms with van der Waals surface area (Å²) in [5.74, 6) is 0.157. The fraction of sp³-hybridized carbons (Fsp3) is 0.333. The summed E-state index contributed by atoms with van der Waals surface area (Å²) >= 11 is 8.72. The maximum Gasteiger partial charge on any atom is 0.257 e. The van der Waals surface area contributed by atoms with E-state index in [1.807, 2.05) is 17.5 Å². The molecular weight excluding hydrogens is 440 g/mol. The van der Waals surface area contributed by atoms with Crippen LogP contribution in [0.3, 0.4) is 0 Å². The minimum absolute atomic E-state index is 0.0240. The molecule has 0 N–H and O–H groups in total. The molecule has 1 aromatic carbocycles. The third kappa shape index (κ3) is 4.53. The molecule has 1 aliphatic rings. The number of fused-ring (bicyclic) bond motifs is 1. The van der Waals surface area contributed by atoms with E-state index in [2.05, 4.69) is 4.98 Å². The van der Waals surface area contributed by atoms with Gasteiger partial charge in [0, 0.05) is 15.9 Å². The molecule has 0 spiro atoms. The molecule has 3 heterocycles. The summed E-state index contributed by atoms with van der Waals surface area (Å²) in [6.45, 7) is 0.417. The van der Waals surface area contributed by atoms with Crippen LogP contribution in [0.2, 0.25) is 5.02 Å². The zero-order chi connectivity index (χ0) is 19.7. The van der Waals surface area contributed by atoms with Crippen molar-refractivity contribution < 1.29 is 17.6 Å². The van der Waals surface area contributed by atoms with Crippen LogP contribution < -0.4 is 0 Å². The molecule has 0 aliphatic carbocycles. The number of thioether (sulfide) groups is 1. The molecule has 0 radical (unpaired) electrons. The Bertz CT molecular complexity index is 1100. The van der Waals surface area contributed by atoms with Crippen LogP contribution >= 0.6 is 34.7 Å². The summed E-state index contributed by atoms with van der Waals surface area (Å²) in [5, 5.41) is 2.90. The smallest absolute Gasteiger partial charge is 0.257 e. The molecule has 1 amide bonds. The summed E-state index contributed by atoms with van der Waals surface area (Å²) in [6.07, 6.45) is 0.478.